The molecule has 0 radical (unpaired) electrons. The monoisotopic (exact) mass is 921 g/mol. The van der Waals surface area contributed by atoms with Crippen molar-refractivity contribution in [1.82, 2.24) is 0 Å². The summed E-state index contributed by atoms with van der Waals surface area (Å²) in [7, 11) is -9.75. The zero-order valence-electron chi connectivity index (χ0n) is 37.8. The van der Waals surface area contributed by atoms with Crippen molar-refractivity contribution in [2.24, 2.45) is 0 Å². The first kappa shape index (κ1) is 59.8. The van der Waals surface area contributed by atoms with Crippen LogP contribution in [0.3, 0.4) is 0 Å². The predicted molar refractivity (Wildman–Crippen MR) is 245 cm³/mol. The first-order valence-electron chi connectivity index (χ1n) is 23.1. The quantitative estimate of drug-likeness (QED) is 0.0126. The van der Waals surface area contributed by atoms with Crippen molar-refractivity contribution in [2.75, 3.05) is 26.4 Å². The van der Waals surface area contributed by atoms with Crippen LogP contribution in [0.5, 0.6) is 0 Å². The number of carbonyl (C=O) groups excluding carboxylic acids is 2. The number of allylic oxidation sites excluding steroid dienone is 9. The van der Waals surface area contributed by atoms with Crippen LogP contribution in [0, 0.1) is 0 Å². The maximum atomic E-state index is 12.7. The molecule has 14 nitrogen and oxygen atoms in total. The van der Waals surface area contributed by atoms with Crippen LogP contribution in [0.15, 0.2) is 60.8 Å². The molecule has 62 heavy (non-hydrogen) atoms. The summed E-state index contributed by atoms with van der Waals surface area (Å²) in [6, 6.07) is 0. The Labute approximate surface area is 373 Å². The molecule has 0 spiro atoms. The number of esters is 2. The molecular weight excluding hydrogens is 838 g/mol. The van der Waals surface area contributed by atoms with E-state index in [2.05, 4.69) is 59.4 Å². The second kappa shape index (κ2) is 41.5. The van der Waals surface area contributed by atoms with Gasteiger partial charge in [0.2, 0.25) is 0 Å². The van der Waals surface area contributed by atoms with Crippen molar-refractivity contribution >= 4 is 27.6 Å². The van der Waals surface area contributed by atoms with E-state index in [-0.39, 0.29) is 25.7 Å². The maximum Gasteiger partial charge on any atom is 0.472 e. The summed E-state index contributed by atoms with van der Waals surface area (Å²) in [5, 5.41) is 20.1. The van der Waals surface area contributed by atoms with E-state index in [1.165, 1.54) is 77.0 Å². The van der Waals surface area contributed by atoms with Crippen LogP contribution in [-0.4, -0.2) is 81.6 Å². The van der Waals surface area contributed by atoms with Gasteiger partial charge in [-0.15, -0.1) is 0 Å². The van der Waals surface area contributed by atoms with Crippen LogP contribution >= 0.6 is 15.6 Å². The molecule has 0 fully saturated rings. The molecule has 0 aliphatic rings. The molecule has 0 aromatic heterocycles. The molecule has 0 amide bonds. The Morgan fingerprint density at radius 2 is 1.02 bits per heavy atom. The number of aliphatic hydroxyl groups excluding tert-OH is 2. The number of phosphoric ester groups is 2. The highest BCUT2D eigenvalue weighted by Crippen LogP contribution is 2.43. The largest absolute Gasteiger partial charge is 0.472 e. The summed E-state index contributed by atoms with van der Waals surface area (Å²) < 4.78 is 47.7. The Morgan fingerprint density at radius 1 is 0.532 bits per heavy atom. The van der Waals surface area contributed by atoms with Crippen LogP contribution in [0.4, 0.5) is 0 Å². The van der Waals surface area contributed by atoms with Crippen LogP contribution in [-0.2, 0) is 41.8 Å². The van der Waals surface area contributed by atoms with Gasteiger partial charge in [-0.2, -0.15) is 0 Å². The van der Waals surface area contributed by atoms with E-state index < -0.39 is 72.3 Å². The highest BCUT2D eigenvalue weighted by Gasteiger charge is 2.28. The maximum absolute atomic E-state index is 12.7. The summed E-state index contributed by atoms with van der Waals surface area (Å²) in [5.41, 5.74) is 0. The third-order valence-electron chi connectivity index (χ3n) is 9.47. The normalized spacial score (nSPS) is 15.0. The first-order chi connectivity index (χ1) is 29.8. The number of rotatable bonds is 43. The Bertz CT molecular complexity index is 1340. The molecule has 1 unspecified atom stereocenters. The Balaban J connectivity index is 4.68. The Morgan fingerprint density at radius 3 is 1.65 bits per heavy atom. The van der Waals surface area contributed by atoms with Crippen molar-refractivity contribution in [3.8, 4) is 0 Å². The lowest BCUT2D eigenvalue weighted by Gasteiger charge is -2.20. The zero-order chi connectivity index (χ0) is 46.0. The molecule has 0 saturated carbocycles. The molecule has 0 aromatic carbocycles. The van der Waals surface area contributed by atoms with E-state index in [1.807, 2.05) is 12.2 Å². The number of aliphatic hydroxyl groups is 2. The molecule has 360 valence electrons. The molecule has 0 saturated heterocycles. The molecule has 0 heterocycles. The van der Waals surface area contributed by atoms with E-state index in [9.17, 15) is 33.8 Å². The molecular formula is C46H82O14P2. The second-order valence-corrected chi connectivity index (χ2v) is 18.2. The van der Waals surface area contributed by atoms with Crippen molar-refractivity contribution in [2.45, 2.75) is 193 Å². The molecule has 16 heteroatoms. The highest BCUT2D eigenvalue weighted by molar-refractivity contribution is 7.47. The van der Waals surface area contributed by atoms with E-state index in [4.69, 9.17) is 23.8 Å². The number of ether oxygens (including phenoxy) is 2. The number of hydrogen-bond donors (Lipinski definition) is 5. The Kier molecular flexibility index (Phi) is 40.0. The smallest absolute Gasteiger partial charge is 0.462 e. The van der Waals surface area contributed by atoms with Gasteiger partial charge in [0.1, 0.15) is 12.7 Å². The van der Waals surface area contributed by atoms with E-state index >= 15 is 0 Å². The average molecular weight is 921 g/mol. The van der Waals surface area contributed by atoms with Gasteiger partial charge in [0.15, 0.2) is 6.10 Å². The molecule has 4 atom stereocenters. The van der Waals surface area contributed by atoms with Gasteiger partial charge >= 0.3 is 27.6 Å². The summed E-state index contributed by atoms with van der Waals surface area (Å²) in [4.78, 5) is 52.8. The van der Waals surface area contributed by atoms with Crippen LogP contribution in [0.2, 0.25) is 0 Å². The van der Waals surface area contributed by atoms with Crippen LogP contribution in [0.1, 0.15) is 174 Å². The number of phosphoric acid groups is 2. The summed E-state index contributed by atoms with van der Waals surface area (Å²) in [5.74, 6) is -1.24. The van der Waals surface area contributed by atoms with Gasteiger partial charge in [0.05, 0.1) is 25.9 Å². The fourth-order valence-corrected chi connectivity index (χ4v) is 7.07. The minimum absolute atomic E-state index is 0.0992. The topological polar surface area (TPSA) is 216 Å². The first-order valence-corrected chi connectivity index (χ1v) is 26.1. The summed E-state index contributed by atoms with van der Waals surface area (Å²) >= 11 is 0. The second-order valence-electron chi connectivity index (χ2n) is 15.5. The van der Waals surface area contributed by atoms with Gasteiger partial charge in [-0.3, -0.25) is 23.2 Å². The van der Waals surface area contributed by atoms with Gasteiger partial charge in [-0.25, -0.2) is 9.13 Å². The molecule has 0 aromatic rings. The molecule has 5 N–H and O–H groups in total. The van der Waals surface area contributed by atoms with Gasteiger partial charge in [0, 0.05) is 12.8 Å². The molecule has 0 rings (SSSR count). The van der Waals surface area contributed by atoms with Crippen molar-refractivity contribution < 1.29 is 66.7 Å². The zero-order valence-corrected chi connectivity index (χ0v) is 39.6. The molecule has 0 aliphatic carbocycles. The van der Waals surface area contributed by atoms with E-state index in [0.717, 1.165) is 51.4 Å². The number of carbonyl (C=O) groups is 2. The minimum atomic E-state index is -4.89. The van der Waals surface area contributed by atoms with Gasteiger partial charge in [-0.1, -0.05) is 152 Å². The van der Waals surface area contributed by atoms with Crippen molar-refractivity contribution in [1.29, 1.82) is 0 Å². The fourth-order valence-electron chi connectivity index (χ4n) is 5.92. The number of hydrogen-bond acceptors (Lipinski definition) is 11. The Hall–Kier alpha value is -2.22. The van der Waals surface area contributed by atoms with Gasteiger partial charge < -0.3 is 34.4 Å². The van der Waals surface area contributed by atoms with E-state index in [1.54, 1.807) is 12.2 Å². The lowest BCUT2D eigenvalue weighted by Crippen LogP contribution is -2.30. The minimum Gasteiger partial charge on any atom is -0.462 e. The van der Waals surface area contributed by atoms with E-state index in [0.29, 0.717) is 6.42 Å². The lowest BCUT2D eigenvalue weighted by atomic mass is 10.1. The predicted octanol–water partition coefficient (Wildman–Crippen LogP) is 11.0. The van der Waals surface area contributed by atoms with Crippen LogP contribution in [0.25, 0.3) is 0 Å². The van der Waals surface area contributed by atoms with Crippen molar-refractivity contribution in [3.05, 3.63) is 60.8 Å². The third-order valence-corrected chi connectivity index (χ3v) is 10.9. The summed E-state index contributed by atoms with van der Waals surface area (Å²) in [6.45, 7) is 1.51. The SMILES string of the molecule is CCCCC/C=C\C/C=C\C/C=C\C=C\[C@H](O)CCCC(=O)O[C@H](COC(=O)CCCCCCCCC/C=C\CCCCCCCC)COP(=O)(O)OC[C@@H](O)COP(=O)(O)O. The third kappa shape index (κ3) is 44.4. The standard InChI is InChI=1S/C46H82O14P2/c1-3-5-7-9-11-13-15-17-18-19-20-22-24-26-28-30-32-36-45(49)56-40-44(41-59-62(54,55)58-39-43(48)38-57-61(51,52)53)60-46(50)37-33-35-42(47)34-31-29-27-25-23-21-16-14-12-10-8-6-4-2/h12,14,17-18,21,23,27,29,31,34,42-44,47-48H,3-11,13,15-16,19-20,22,24-26,28,30,32-33,35-41H2,1-2H3,(H,54,55)(H2,51,52,53)/b14-12-,18-17-,23-21-,29-27-,34-31+/t42-,43-,44+/m0/s1. The molecule has 0 aliphatic heterocycles. The van der Waals surface area contributed by atoms with Crippen molar-refractivity contribution in [3.63, 3.8) is 0 Å². The molecule has 0 bridgehead atoms. The summed E-state index contributed by atoms with van der Waals surface area (Å²) in [6.07, 6.45) is 40.9. The fraction of sp³-hybridized carbons (Fsp3) is 0.739. The van der Waals surface area contributed by atoms with Gasteiger partial charge in [-0.05, 0) is 70.6 Å². The lowest BCUT2D eigenvalue weighted by molar-refractivity contribution is -0.161. The number of unbranched alkanes of at least 4 members (excludes halogenated alkanes) is 16. The van der Waals surface area contributed by atoms with Gasteiger partial charge in [0.25, 0.3) is 0 Å². The highest BCUT2D eigenvalue weighted by atomic mass is 31.2. The van der Waals surface area contributed by atoms with Crippen LogP contribution < -0.4 is 0 Å². The average Bonchev–Trinajstić information content (AvgIpc) is 3.22.